The Morgan fingerprint density at radius 2 is 1.86 bits per heavy atom. The van der Waals surface area contributed by atoms with Crippen LogP contribution in [0.2, 0.25) is 0 Å². The van der Waals surface area contributed by atoms with Gasteiger partial charge in [-0.15, -0.1) is 12.4 Å². The summed E-state index contributed by atoms with van der Waals surface area (Å²) in [5.74, 6) is -0.553. The van der Waals surface area contributed by atoms with Crippen LogP contribution in [0, 0.1) is 5.82 Å². The molecule has 0 aliphatic carbocycles. The third-order valence-corrected chi connectivity index (χ3v) is 5.16. The molecule has 2 aliphatic rings. The van der Waals surface area contributed by atoms with E-state index >= 15 is 0 Å². The van der Waals surface area contributed by atoms with E-state index in [2.05, 4.69) is 20.8 Å². The van der Waals surface area contributed by atoms with Crippen LogP contribution >= 0.6 is 12.4 Å². The van der Waals surface area contributed by atoms with E-state index in [0.717, 1.165) is 24.2 Å². The molecule has 29 heavy (non-hydrogen) atoms. The van der Waals surface area contributed by atoms with Crippen LogP contribution in [-0.4, -0.2) is 71.1 Å². The van der Waals surface area contributed by atoms with E-state index in [1.54, 1.807) is 4.90 Å². The molecule has 1 aromatic carbocycles. The predicted octanol–water partition coefficient (Wildman–Crippen LogP) is 1.01. The van der Waals surface area contributed by atoms with Crippen LogP contribution in [0.5, 0.6) is 0 Å². The Labute approximate surface area is 174 Å². The highest BCUT2D eigenvalue weighted by atomic mass is 35.5. The van der Waals surface area contributed by atoms with Crippen molar-refractivity contribution < 1.29 is 14.0 Å². The smallest absolute Gasteiger partial charge is 0.274 e. The Hall–Kier alpha value is -2.49. The quantitative estimate of drug-likeness (QED) is 0.684. The van der Waals surface area contributed by atoms with Gasteiger partial charge in [0.15, 0.2) is 5.69 Å². The van der Waals surface area contributed by atoms with Crippen LogP contribution in [0.4, 0.5) is 10.1 Å². The molecule has 2 aromatic rings. The zero-order chi connectivity index (χ0) is 19.5. The average Bonchev–Trinajstić information content (AvgIpc) is 3.14. The van der Waals surface area contributed by atoms with E-state index in [4.69, 9.17) is 0 Å². The number of anilines is 1. The maximum absolute atomic E-state index is 12.9. The normalized spacial score (nSPS) is 16.7. The summed E-state index contributed by atoms with van der Waals surface area (Å²) >= 11 is 0. The fraction of sp³-hybridized carbons (Fsp3) is 0.421. The standard InChI is InChI=1S/C19H23FN6O2.ClH/c20-13-1-3-14(4-2-13)22-17(27)12-25-7-9-26(10-8-25)19(28)18-15-11-21-6-5-16(15)23-24-18;/h1-4,21H,5-12H2,(H,22,27)(H,23,24);1H. The number of carbonyl (C=O) groups is 2. The van der Waals surface area contributed by atoms with E-state index in [1.807, 2.05) is 4.90 Å². The van der Waals surface area contributed by atoms with Gasteiger partial charge in [0.25, 0.3) is 5.91 Å². The first-order valence-electron chi connectivity index (χ1n) is 9.44. The Morgan fingerprint density at radius 3 is 2.59 bits per heavy atom. The number of hydrogen-bond donors (Lipinski definition) is 3. The maximum atomic E-state index is 12.9. The van der Waals surface area contributed by atoms with Crippen LogP contribution in [0.15, 0.2) is 24.3 Å². The molecule has 2 amide bonds. The minimum atomic E-state index is -0.340. The van der Waals surface area contributed by atoms with Crippen molar-refractivity contribution in [2.24, 2.45) is 0 Å². The van der Waals surface area contributed by atoms with Crippen molar-refractivity contribution in [2.45, 2.75) is 13.0 Å². The minimum Gasteiger partial charge on any atom is -0.335 e. The molecule has 1 fully saturated rings. The van der Waals surface area contributed by atoms with E-state index in [1.165, 1.54) is 24.3 Å². The molecule has 0 spiro atoms. The zero-order valence-electron chi connectivity index (χ0n) is 15.9. The van der Waals surface area contributed by atoms with Crippen molar-refractivity contribution in [2.75, 3.05) is 44.6 Å². The number of hydrogen-bond acceptors (Lipinski definition) is 5. The van der Waals surface area contributed by atoms with Gasteiger partial charge in [-0.25, -0.2) is 4.39 Å². The van der Waals surface area contributed by atoms with Crippen molar-refractivity contribution >= 4 is 29.9 Å². The molecule has 0 atom stereocenters. The molecule has 156 valence electrons. The number of nitrogens with zero attached hydrogens (tertiary/aromatic N) is 3. The van der Waals surface area contributed by atoms with Crippen LogP contribution in [0.25, 0.3) is 0 Å². The number of nitrogens with one attached hydrogen (secondary N) is 3. The first-order chi connectivity index (χ1) is 13.6. The largest absolute Gasteiger partial charge is 0.335 e. The zero-order valence-corrected chi connectivity index (χ0v) is 16.7. The Morgan fingerprint density at radius 1 is 1.14 bits per heavy atom. The van der Waals surface area contributed by atoms with Crippen molar-refractivity contribution in [1.82, 2.24) is 25.3 Å². The molecule has 8 nitrogen and oxygen atoms in total. The lowest BCUT2D eigenvalue weighted by atomic mass is 10.1. The van der Waals surface area contributed by atoms with E-state index in [9.17, 15) is 14.0 Å². The summed E-state index contributed by atoms with van der Waals surface area (Å²) in [7, 11) is 0. The summed E-state index contributed by atoms with van der Waals surface area (Å²) in [5.41, 5.74) is 3.08. The number of benzene rings is 1. The molecular formula is C19H24ClFN6O2. The average molecular weight is 423 g/mol. The summed E-state index contributed by atoms with van der Waals surface area (Å²) in [6.07, 6.45) is 0.854. The van der Waals surface area contributed by atoms with Crippen molar-refractivity contribution in [1.29, 1.82) is 0 Å². The Balaban J connectivity index is 0.00000240. The second kappa shape index (κ2) is 9.34. The van der Waals surface area contributed by atoms with Crippen molar-refractivity contribution in [3.8, 4) is 0 Å². The molecular weight excluding hydrogens is 399 g/mol. The monoisotopic (exact) mass is 422 g/mol. The molecule has 2 aliphatic heterocycles. The van der Waals surface area contributed by atoms with Crippen LogP contribution in [0.3, 0.4) is 0 Å². The molecule has 1 saturated heterocycles. The van der Waals surface area contributed by atoms with E-state index in [-0.39, 0.29) is 36.6 Å². The predicted molar refractivity (Wildman–Crippen MR) is 109 cm³/mol. The van der Waals surface area contributed by atoms with Gasteiger partial charge in [-0.05, 0) is 24.3 Å². The molecule has 4 rings (SSSR count). The lowest BCUT2D eigenvalue weighted by Crippen LogP contribution is -2.50. The molecule has 0 unspecified atom stereocenters. The molecule has 3 N–H and O–H groups in total. The summed E-state index contributed by atoms with van der Waals surface area (Å²) in [4.78, 5) is 28.8. The fourth-order valence-electron chi connectivity index (χ4n) is 3.60. The topological polar surface area (TPSA) is 93.4 Å². The number of halogens is 2. The minimum absolute atomic E-state index is 0. The summed E-state index contributed by atoms with van der Waals surface area (Å²) < 4.78 is 12.9. The second-order valence-corrected chi connectivity index (χ2v) is 7.08. The lowest BCUT2D eigenvalue weighted by molar-refractivity contribution is -0.117. The molecule has 10 heteroatoms. The molecule has 0 saturated carbocycles. The van der Waals surface area contributed by atoms with Crippen LogP contribution in [-0.2, 0) is 17.8 Å². The van der Waals surface area contributed by atoms with E-state index in [0.29, 0.717) is 44.1 Å². The molecule has 0 bridgehead atoms. The molecule has 3 heterocycles. The van der Waals surface area contributed by atoms with Crippen molar-refractivity contribution in [3.63, 3.8) is 0 Å². The highest BCUT2D eigenvalue weighted by Crippen LogP contribution is 2.18. The van der Waals surface area contributed by atoms with Gasteiger partial charge < -0.3 is 15.5 Å². The van der Waals surface area contributed by atoms with E-state index < -0.39 is 0 Å². The molecule has 1 aromatic heterocycles. The van der Waals surface area contributed by atoms with Gasteiger partial charge in [0, 0.05) is 62.6 Å². The number of aromatic nitrogens is 2. The third-order valence-electron chi connectivity index (χ3n) is 5.16. The van der Waals surface area contributed by atoms with Crippen LogP contribution < -0.4 is 10.6 Å². The number of piperazine rings is 1. The first kappa shape index (κ1) is 21.2. The summed E-state index contributed by atoms with van der Waals surface area (Å²) in [6.45, 7) is 4.13. The fourth-order valence-corrected chi connectivity index (χ4v) is 3.60. The number of aromatic amines is 1. The van der Waals surface area contributed by atoms with Crippen molar-refractivity contribution in [3.05, 3.63) is 47.0 Å². The lowest BCUT2D eigenvalue weighted by Gasteiger charge is -2.34. The SMILES string of the molecule is Cl.O=C(CN1CCN(C(=O)c2n[nH]c3c2CNCC3)CC1)Nc1ccc(F)cc1. The number of rotatable bonds is 4. The van der Waals surface area contributed by atoms with Gasteiger partial charge in [-0.2, -0.15) is 5.10 Å². The number of amides is 2. The van der Waals surface area contributed by atoms with Gasteiger partial charge in [-0.1, -0.05) is 0 Å². The Bertz CT molecular complexity index is 864. The highest BCUT2D eigenvalue weighted by molar-refractivity contribution is 5.94. The number of carbonyl (C=O) groups excluding carboxylic acids is 2. The highest BCUT2D eigenvalue weighted by Gasteiger charge is 2.28. The number of H-pyrrole nitrogens is 1. The Kier molecular flexibility index (Phi) is 6.83. The third kappa shape index (κ3) is 4.92. The van der Waals surface area contributed by atoms with Gasteiger partial charge in [0.05, 0.1) is 6.54 Å². The maximum Gasteiger partial charge on any atom is 0.274 e. The van der Waals surface area contributed by atoms with Crippen LogP contribution in [0.1, 0.15) is 21.7 Å². The molecule has 0 radical (unpaired) electrons. The first-order valence-corrected chi connectivity index (χ1v) is 9.44. The second-order valence-electron chi connectivity index (χ2n) is 7.08. The van der Waals surface area contributed by atoms with Gasteiger partial charge in [-0.3, -0.25) is 19.6 Å². The van der Waals surface area contributed by atoms with Gasteiger partial charge in [0.2, 0.25) is 5.91 Å². The number of fused-ring (bicyclic) bond motifs is 1. The van der Waals surface area contributed by atoms with Gasteiger partial charge >= 0.3 is 0 Å². The summed E-state index contributed by atoms with van der Waals surface area (Å²) in [6, 6.07) is 5.68. The van der Waals surface area contributed by atoms with Gasteiger partial charge in [0.1, 0.15) is 5.82 Å². The summed E-state index contributed by atoms with van der Waals surface area (Å²) in [5, 5.41) is 13.2.